The fourth-order valence-corrected chi connectivity index (χ4v) is 5.86. The second kappa shape index (κ2) is 10.8. The molecule has 0 unspecified atom stereocenters. The summed E-state index contributed by atoms with van der Waals surface area (Å²) in [4.78, 5) is 12.5. The first-order valence-corrected chi connectivity index (χ1v) is 12.0. The van der Waals surface area contributed by atoms with Gasteiger partial charge in [0.2, 0.25) is 0 Å². The molecule has 0 aromatic rings. The van der Waals surface area contributed by atoms with E-state index in [4.69, 9.17) is 4.74 Å². The number of carbonyl (C=O) groups excluding carboxylic acids is 1. The van der Waals surface area contributed by atoms with Crippen molar-refractivity contribution in [1.82, 2.24) is 0 Å². The molecule has 3 heteroatoms. The molecule has 0 amide bonds. The zero-order valence-electron chi connectivity index (χ0n) is 17.5. The molecule has 3 fully saturated rings. The Bertz CT molecular complexity index is 428. The highest BCUT2D eigenvalue weighted by Crippen LogP contribution is 2.42. The summed E-state index contributed by atoms with van der Waals surface area (Å²) >= 11 is 0. The number of unbranched alkanes of at least 4 members (excludes halogenated alkanes) is 2. The molecule has 0 aliphatic heterocycles. The Labute approximate surface area is 166 Å². The van der Waals surface area contributed by atoms with Crippen LogP contribution in [-0.2, 0) is 9.53 Å². The number of carbonyl (C=O) groups is 1. The van der Waals surface area contributed by atoms with Gasteiger partial charge >= 0.3 is 5.97 Å². The summed E-state index contributed by atoms with van der Waals surface area (Å²) in [5.74, 6) is 2.85. The average Bonchev–Trinajstić information content (AvgIpc) is 2.70. The van der Waals surface area contributed by atoms with Crippen LogP contribution in [0.25, 0.3) is 0 Å². The molecule has 0 aromatic heterocycles. The molecule has 0 spiro atoms. The van der Waals surface area contributed by atoms with E-state index >= 15 is 0 Å². The number of alkyl halides is 1. The zero-order valence-corrected chi connectivity index (χ0v) is 17.5. The monoisotopic (exact) mass is 380 g/mol. The van der Waals surface area contributed by atoms with Gasteiger partial charge < -0.3 is 4.74 Å². The Morgan fingerprint density at radius 1 is 0.815 bits per heavy atom. The standard InChI is InChI=1S/C24H41FO2/c1-2-3-4-5-18-6-8-19(9-7-18)20-10-12-21(13-11-20)24(26)27-23-16-14-22(25)15-17-23/h18-23H,2-17H2,1H3. The van der Waals surface area contributed by atoms with E-state index in [1.165, 1.54) is 64.2 Å². The van der Waals surface area contributed by atoms with Crippen molar-refractivity contribution in [3.05, 3.63) is 0 Å². The number of halogens is 1. The van der Waals surface area contributed by atoms with Crippen molar-refractivity contribution in [2.24, 2.45) is 23.7 Å². The molecule has 3 rings (SSSR count). The fraction of sp³-hybridized carbons (Fsp3) is 0.958. The first-order valence-electron chi connectivity index (χ1n) is 12.0. The molecular weight excluding hydrogens is 339 g/mol. The van der Waals surface area contributed by atoms with E-state index < -0.39 is 6.17 Å². The van der Waals surface area contributed by atoms with Gasteiger partial charge in [-0.25, -0.2) is 4.39 Å². The minimum Gasteiger partial charge on any atom is -0.462 e. The molecule has 3 aliphatic carbocycles. The van der Waals surface area contributed by atoms with E-state index in [-0.39, 0.29) is 18.0 Å². The maximum Gasteiger partial charge on any atom is 0.309 e. The van der Waals surface area contributed by atoms with E-state index in [9.17, 15) is 9.18 Å². The van der Waals surface area contributed by atoms with Crippen LogP contribution in [0.3, 0.4) is 0 Å². The molecule has 2 nitrogen and oxygen atoms in total. The van der Waals surface area contributed by atoms with Gasteiger partial charge in [-0.15, -0.1) is 0 Å². The predicted molar refractivity (Wildman–Crippen MR) is 108 cm³/mol. The van der Waals surface area contributed by atoms with Crippen LogP contribution in [0, 0.1) is 23.7 Å². The summed E-state index contributed by atoms with van der Waals surface area (Å²) in [6, 6.07) is 0. The van der Waals surface area contributed by atoms with Gasteiger partial charge in [-0.3, -0.25) is 4.79 Å². The third-order valence-electron chi connectivity index (χ3n) is 7.77. The SMILES string of the molecule is CCCCCC1CCC(C2CCC(C(=O)OC3CCC(F)CC3)CC2)CC1. The fourth-order valence-electron chi connectivity index (χ4n) is 5.86. The topological polar surface area (TPSA) is 26.3 Å². The smallest absolute Gasteiger partial charge is 0.309 e. The third kappa shape index (κ3) is 6.46. The zero-order chi connectivity index (χ0) is 19.1. The van der Waals surface area contributed by atoms with Gasteiger partial charge in [0.25, 0.3) is 0 Å². The summed E-state index contributed by atoms with van der Waals surface area (Å²) in [6.07, 6.45) is 17.6. The molecule has 3 saturated carbocycles. The molecule has 0 aromatic carbocycles. The summed E-state index contributed by atoms with van der Waals surface area (Å²) < 4.78 is 18.9. The molecule has 0 heterocycles. The molecule has 27 heavy (non-hydrogen) atoms. The van der Waals surface area contributed by atoms with Crippen molar-refractivity contribution in [3.8, 4) is 0 Å². The van der Waals surface area contributed by atoms with Gasteiger partial charge in [0.15, 0.2) is 0 Å². The number of hydrogen-bond donors (Lipinski definition) is 0. The minimum atomic E-state index is -0.683. The largest absolute Gasteiger partial charge is 0.462 e. The lowest BCUT2D eigenvalue weighted by Gasteiger charge is -2.37. The van der Waals surface area contributed by atoms with Gasteiger partial charge in [0.1, 0.15) is 12.3 Å². The molecule has 0 atom stereocenters. The van der Waals surface area contributed by atoms with Crippen molar-refractivity contribution in [2.75, 3.05) is 0 Å². The van der Waals surface area contributed by atoms with Crippen LogP contribution in [0.5, 0.6) is 0 Å². The number of esters is 1. The molecular formula is C24H41FO2. The average molecular weight is 381 g/mol. The highest BCUT2D eigenvalue weighted by Gasteiger charge is 2.34. The Balaban J connectivity index is 1.32. The Morgan fingerprint density at radius 3 is 2.00 bits per heavy atom. The Morgan fingerprint density at radius 2 is 1.41 bits per heavy atom. The molecule has 3 aliphatic rings. The molecule has 0 bridgehead atoms. The highest BCUT2D eigenvalue weighted by atomic mass is 19.1. The summed E-state index contributed by atoms with van der Waals surface area (Å²) in [6.45, 7) is 2.29. The predicted octanol–water partition coefficient (Wildman–Crippen LogP) is 7.00. The lowest BCUT2D eigenvalue weighted by molar-refractivity contribution is -0.157. The van der Waals surface area contributed by atoms with Gasteiger partial charge in [0, 0.05) is 0 Å². The van der Waals surface area contributed by atoms with Crippen molar-refractivity contribution >= 4 is 5.97 Å². The minimum absolute atomic E-state index is 0.00962. The second-order valence-electron chi connectivity index (χ2n) is 9.70. The Kier molecular flexibility index (Phi) is 8.46. The number of hydrogen-bond acceptors (Lipinski definition) is 2. The number of ether oxygens (including phenoxy) is 1. The summed E-state index contributed by atoms with van der Waals surface area (Å²) in [7, 11) is 0. The maximum atomic E-state index is 13.2. The quantitative estimate of drug-likeness (QED) is 0.351. The van der Waals surface area contributed by atoms with E-state index in [2.05, 4.69) is 6.92 Å². The van der Waals surface area contributed by atoms with E-state index in [0.29, 0.717) is 25.7 Å². The van der Waals surface area contributed by atoms with E-state index in [0.717, 1.165) is 30.6 Å². The highest BCUT2D eigenvalue weighted by molar-refractivity contribution is 5.72. The lowest BCUT2D eigenvalue weighted by atomic mass is 9.68. The van der Waals surface area contributed by atoms with Crippen LogP contribution in [0.1, 0.15) is 110 Å². The first kappa shape index (κ1) is 21.1. The van der Waals surface area contributed by atoms with Gasteiger partial charge in [-0.05, 0) is 82.0 Å². The third-order valence-corrected chi connectivity index (χ3v) is 7.77. The van der Waals surface area contributed by atoms with Crippen LogP contribution in [0.2, 0.25) is 0 Å². The van der Waals surface area contributed by atoms with Crippen LogP contribution in [-0.4, -0.2) is 18.2 Å². The normalized spacial score (nSPS) is 37.7. The van der Waals surface area contributed by atoms with Crippen LogP contribution < -0.4 is 0 Å². The number of rotatable bonds is 7. The van der Waals surface area contributed by atoms with E-state index in [1.807, 2.05) is 0 Å². The van der Waals surface area contributed by atoms with Crippen molar-refractivity contribution < 1.29 is 13.9 Å². The molecule has 0 radical (unpaired) electrons. The maximum absolute atomic E-state index is 13.2. The van der Waals surface area contributed by atoms with Gasteiger partial charge in [-0.2, -0.15) is 0 Å². The van der Waals surface area contributed by atoms with Crippen LogP contribution >= 0.6 is 0 Å². The first-order chi connectivity index (χ1) is 13.2. The van der Waals surface area contributed by atoms with Crippen LogP contribution in [0.4, 0.5) is 4.39 Å². The van der Waals surface area contributed by atoms with Gasteiger partial charge in [-0.1, -0.05) is 45.4 Å². The van der Waals surface area contributed by atoms with Gasteiger partial charge in [0.05, 0.1) is 5.92 Å². The molecule has 0 saturated heterocycles. The second-order valence-corrected chi connectivity index (χ2v) is 9.70. The Hall–Kier alpha value is -0.600. The summed E-state index contributed by atoms with van der Waals surface area (Å²) in [5, 5.41) is 0. The van der Waals surface area contributed by atoms with Crippen molar-refractivity contribution in [3.63, 3.8) is 0 Å². The lowest BCUT2D eigenvalue weighted by Crippen LogP contribution is -2.32. The van der Waals surface area contributed by atoms with Crippen molar-refractivity contribution in [1.29, 1.82) is 0 Å². The molecule has 156 valence electrons. The van der Waals surface area contributed by atoms with E-state index in [1.54, 1.807) is 0 Å². The van der Waals surface area contributed by atoms with Crippen LogP contribution in [0.15, 0.2) is 0 Å². The molecule has 0 N–H and O–H groups in total. The summed E-state index contributed by atoms with van der Waals surface area (Å²) in [5.41, 5.74) is 0. The van der Waals surface area contributed by atoms with Crippen molar-refractivity contribution in [2.45, 2.75) is 122 Å².